The molecule has 0 spiro atoms. The smallest absolute Gasteiger partial charge is 0.134 e. The highest BCUT2D eigenvalue weighted by molar-refractivity contribution is 7.09. The van der Waals surface area contributed by atoms with Gasteiger partial charge < -0.3 is 5.32 Å². The molecule has 0 radical (unpaired) electrons. The maximum absolute atomic E-state index is 4.68. The van der Waals surface area contributed by atoms with Crippen molar-refractivity contribution in [1.82, 2.24) is 15.3 Å². The molecule has 88 valence electrons. The zero-order chi connectivity index (χ0) is 11.7. The summed E-state index contributed by atoms with van der Waals surface area (Å²) in [6.45, 7) is 4.03. The predicted octanol–water partition coefficient (Wildman–Crippen LogP) is 2.08. The van der Waals surface area contributed by atoms with Crippen LogP contribution < -0.4 is 5.32 Å². The Hall–Kier alpha value is -1.26. The summed E-state index contributed by atoms with van der Waals surface area (Å²) in [5.41, 5.74) is 3.69. The van der Waals surface area contributed by atoms with Crippen molar-refractivity contribution in [2.45, 2.75) is 26.3 Å². The molecule has 0 aromatic carbocycles. The van der Waals surface area contributed by atoms with Gasteiger partial charge in [0.25, 0.3) is 0 Å². The zero-order valence-corrected chi connectivity index (χ0v) is 10.7. The van der Waals surface area contributed by atoms with Crippen LogP contribution in [0.5, 0.6) is 0 Å². The van der Waals surface area contributed by atoms with Gasteiger partial charge in [-0.1, -0.05) is 6.07 Å². The molecule has 0 unspecified atom stereocenters. The lowest BCUT2D eigenvalue weighted by Crippen LogP contribution is -2.26. The molecule has 0 fully saturated rings. The summed E-state index contributed by atoms with van der Waals surface area (Å²) in [6, 6.07) is 4.22. The highest BCUT2D eigenvalue weighted by atomic mass is 32.1. The van der Waals surface area contributed by atoms with Crippen molar-refractivity contribution in [2.24, 2.45) is 0 Å². The highest BCUT2D eigenvalue weighted by Crippen LogP contribution is 2.18. The first kappa shape index (κ1) is 10.9. The topological polar surface area (TPSA) is 37.8 Å². The largest absolute Gasteiger partial charge is 0.311 e. The lowest BCUT2D eigenvalue weighted by Gasteiger charge is -2.18. The number of nitrogens with one attached hydrogen (secondary N) is 1. The molecular formula is C13H15N3S. The Morgan fingerprint density at radius 1 is 1.41 bits per heavy atom. The van der Waals surface area contributed by atoms with Crippen LogP contribution in [0, 0.1) is 6.92 Å². The number of aryl methyl sites for hydroxylation is 1. The van der Waals surface area contributed by atoms with E-state index in [4.69, 9.17) is 0 Å². The first-order valence-corrected chi connectivity index (χ1v) is 6.79. The molecule has 17 heavy (non-hydrogen) atoms. The Morgan fingerprint density at radius 3 is 3.18 bits per heavy atom. The molecule has 0 saturated heterocycles. The minimum Gasteiger partial charge on any atom is -0.311 e. The molecule has 2 aromatic heterocycles. The van der Waals surface area contributed by atoms with Gasteiger partial charge in [0, 0.05) is 23.5 Å². The fraction of sp³-hybridized carbons (Fsp3) is 0.385. The van der Waals surface area contributed by atoms with Gasteiger partial charge >= 0.3 is 0 Å². The highest BCUT2D eigenvalue weighted by Gasteiger charge is 2.15. The van der Waals surface area contributed by atoms with Crippen molar-refractivity contribution < 1.29 is 0 Å². The summed E-state index contributed by atoms with van der Waals surface area (Å²) < 4.78 is 0. The lowest BCUT2D eigenvalue weighted by molar-refractivity contribution is 0.613. The Balaban J connectivity index is 1.93. The van der Waals surface area contributed by atoms with E-state index in [1.807, 2.05) is 0 Å². The Kier molecular flexibility index (Phi) is 2.91. The van der Waals surface area contributed by atoms with Gasteiger partial charge in [0.15, 0.2) is 0 Å². The summed E-state index contributed by atoms with van der Waals surface area (Å²) in [4.78, 5) is 10.6. The average molecular weight is 245 g/mol. The van der Waals surface area contributed by atoms with Crippen LogP contribution in [0.25, 0.3) is 0 Å². The second-order valence-electron chi connectivity index (χ2n) is 4.33. The van der Waals surface area contributed by atoms with E-state index < -0.39 is 0 Å². The zero-order valence-electron chi connectivity index (χ0n) is 9.86. The predicted molar refractivity (Wildman–Crippen MR) is 69.3 cm³/mol. The summed E-state index contributed by atoms with van der Waals surface area (Å²) in [5, 5.41) is 5.47. The number of fused-ring (bicyclic) bond motifs is 1. The van der Waals surface area contributed by atoms with E-state index in [0.717, 1.165) is 37.4 Å². The van der Waals surface area contributed by atoms with Crippen LogP contribution in [-0.2, 0) is 19.4 Å². The van der Waals surface area contributed by atoms with E-state index in [9.17, 15) is 0 Å². The van der Waals surface area contributed by atoms with Crippen LogP contribution in [0.4, 0.5) is 0 Å². The van der Waals surface area contributed by atoms with E-state index in [0.29, 0.717) is 0 Å². The Labute approximate surface area is 105 Å². The summed E-state index contributed by atoms with van der Waals surface area (Å²) in [5.74, 6) is 0.951. The molecule has 0 bridgehead atoms. The quantitative estimate of drug-likeness (QED) is 0.880. The lowest BCUT2D eigenvalue weighted by atomic mass is 10.0. The van der Waals surface area contributed by atoms with E-state index >= 15 is 0 Å². The minimum absolute atomic E-state index is 0.853. The molecule has 4 heteroatoms. The summed E-state index contributed by atoms with van der Waals surface area (Å²) in [7, 11) is 0. The molecule has 0 saturated carbocycles. The van der Waals surface area contributed by atoms with Crippen molar-refractivity contribution in [2.75, 3.05) is 6.54 Å². The minimum atomic E-state index is 0.853. The fourth-order valence-electron chi connectivity index (χ4n) is 2.26. The van der Waals surface area contributed by atoms with E-state index in [1.165, 1.54) is 16.1 Å². The monoisotopic (exact) mass is 245 g/mol. The average Bonchev–Trinajstić information content (AvgIpc) is 2.82. The van der Waals surface area contributed by atoms with Gasteiger partial charge in [0.2, 0.25) is 0 Å². The molecule has 3 nitrogen and oxygen atoms in total. The molecule has 1 aliphatic heterocycles. The summed E-state index contributed by atoms with van der Waals surface area (Å²) in [6.07, 6.45) is 1.91. The fourth-order valence-corrected chi connectivity index (χ4v) is 2.96. The van der Waals surface area contributed by atoms with Crippen molar-refractivity contribution in [1.29, 1.82) is 0 Å². The second-order valence-corrected chi connectivity index (χ2v) is 5.37. The Morgan fingerprint density at radius 2 is 2.35 bits per heavy atom. The van der Waals surface area contributed by atoms with Gasteiger partial charge in [0.1, 0.15) is 5.82 Å². The molecule has 1 aliphatic rings. The third-order valence-electron chi connectivity index (χ3n) is 3.10. The van der Waals surface area contributed by atoms with E-state index in [2.05, 4.69) is 39.7 Å². The number of nitrogens with zero attached hydrogens (tertiary/aromatic N) is 2. The first-order chi connectivity index (χ1) is 8.33. The van der Waals surface area contributed by atoms with Crippen molar-refractivity contribution in [3.63, 3.8) is 0 Å². The SMILES string of the molecule is Cc1nc(Cc2cccs2)nc2c1CCNC2. The van der Waals surface area contributed by atoms with Crippen LogP contribution in [0.1, 0.15) is 27.7 Å². The second kappa shape index (κ2) is 4.55. The van der Waals surface area contributed by atoms with Gasteiger partial charge in [0.05, 0.1) is 5.69 Å². The number of rotatable bonds is 2. The third-order valence-corrected chi connectivity index (χ3v) is 3.98. The maximum Gasteiger partial charge on any atom is 0.134 e. The van der Waals surface area contributed by atoms with Crippen LogP contribution in [-0.4, -0.2) is 16.5 Å². The van der Waals surface area contributed by atoms with Gasteiger partial charge in [-0.2, -0.15) is 0 Å². The first-order valence-electron chi connectivity index (χ1n) is 5.91. The van der Waals surface area contributed by atoms with Gasteiger partial charge in [-0.3, -0.25) is 0 Å². The number of aromatic nitrogens is 2. The molecule has 2 aromatic rings. The molecule has 3 rings (SSSR count). The van der Waals surface area contributed by atoms with E-state index in [-0.39, 0.29) is 0 Å². The number of hydrogen-bond donors (Lipinski definition) is 1. The standard InChI is InChI=1S/C13H15N3S/c1-9-11-4-5-14-8-12(11)16-13(15-9)7-10-3-2-6-17-10/h2-3,6,14H,4-5,7-8H2,1H3. The molecule has 0 aliphatic carbocycles. The molecule has 3 heterocycles. The summed E-state index contributed by atoms with van der Waals surface area (Å²) >= 11 is 1.77. The van der Waals surface area contributed by atoms with Gasteiger partial charge in [-0.05, 0) is 36.9 Å². The third kappa shape index (κ3) is 2.23. The van der Waals surface area contributed by atoms with Crippen LogP contribution >= 0.6 is 11.3 Å². The van der Waals surface area contributed by atoms with Crippen LogP contribution in [0.15, 0.2) is 17.5 Å². The van der Waals surface area contributed by atoms with Crippen LogP contribution in [0.2, 0.25) is 0 Å². The van der Waals surface area contributed by atoms with Gasteiger partial charge in [-0.15, -0.1) is 11.3 Å². The molecule has 1 N–H and O–H groups in total. The van der Waals surface area contributed by atoms with Crippen molar-refractivity contribution >= 4 is 11.3 Å². The number of thiophene rings is 1. The van der Waals surface area contributed by atoms with Gasteiger partial charge in [-0.25, -0.2) is 9.97 Å². The van der Waals surface area contributed by atoms with Crippen LogP contribution in [0.3, 0.4) is 0 Å². The maximum atomic E-state index is 4.68. The van der Waals surface area contributed by atoms with E-state index in [1.54, 1.807) is 11.3 Å². The van der Waals surface area contributed by atoms with Crippen molar-refractivity contribution in [3.05, 3.63) is 45.2 Å². The molecule has 0 atom stereocenters. The normalized spacial score (nSPS) is 14.6. The molecular weight excluding hydrogens is 230 g/mol. The van der Waals surface area contributed by atoms with Crippen molar-refractivity contribution in [3.8, 4) is 0 Å². The molecule has 0 amide bonds. The number of hydrogen-bond acceptors (Lipinski definition) is 4. The Bertz CT molecular complexity index is 520.